The van der Waals surface area contributed by atoms with Crippen molar-refractivity contribution >= 4 is 0 Å². The zero-order valence-electron chi connectivity index (χ0n) is 10.4. The minimum Gasteiger partial charge on any atom is -0.491 e. The van der Waals surface area contributed by atoms with Gasteiger partial charge in [-0.15, -0.1) is 0 Å². The molecule has 4 nitrogen and oxygen atoms in total. The summed E-state index contributed by atoms with van der Waals surface area (Å²) >= 11 is 0. The molecule has 0 spiro atoms. The van der Waals surface area contributed by atoms with Gasteiger partial charge in [-0.25, -0.2) is 0 Å². The van der Waals surface area contributed by atoms with E-state index in [0.29, 0.717) is 5.69 Å². The number of ether oxygens (including phenoxy) is 1. The number of aliphatic hydroxyl groups is 1. The van der Waals surface area contributed by atoms with Crippen molar-refractivity contribution in [2.45, 2.75) is 26.1 Å². The first-order chi connectivity index (χ1) is 8.66. The third-order valence-electron chi connectivity index (χ3n) is 2.43. The molecule has 1 aromatic carbocycles. The standard InChI is InChI=1S/C14H16N2O2/c1-10(2)18-12-5-3-11(4-6-12)14(17)13-9-15-7-8-16-13/h3-10,14,17H,1-2H3. The lowest BCUT2D eigenvalue weighted by atomic mass is 10.1. The molecule has 0 bridgehead atoms. The molecular formula is C14H16N2O2. The second-order valence-corrected chi connectivity index (χ2v) is 4.27. The molecule has 2 rings (SSSR count). The summed E-state index contributed by atoms with van der Waals surface area (Å²) in [6.07, 6.45) is 4.08. The van der Waals surface area contributed by atoms with E-state index in [1.807, 2.05) is 38.1 Å². The fraction of sp³-hybridized carbons (Fsp3) is 0.286. The molecule has 2 aromatic rings. The Morgan fingerprint density at radius 2 is 1.83 bits per heavy atom. The van der Waals surface area contributed by atoms with Gasteiger partial charge in [0.25, 0.3) is 0 Å². The second kappa shape index (κ2) is 5.60. The molecule has 0 amide bonds. The van der Waals surface area contributed by atoms with Crippen LogP contribution in [0.2, 0.25) is 0 Å². The molecule has 1 heterocycles. The molecule has 1 aromatic heterocycles. The molecule has 0 saturated heterocycles. The van der Waals surface area contributed by atoms with E-state index < -0.39 is 6.10 Å². The minimum atomic E-state index is -0.758. The topological polar surface area (TPSA) is 55.2 Å². The number of rotatable bonds is 4. The van der Waals surface area contributed by atoms with Crippen LogP contribution in [0.3, 0.4) is 0 Å². The summed E-state index contributed by atoms with van der Waals surface area (Å²) in [4.78, 5) is 8.02. The minimum absolute atomic E-state index is 0.140. The van der Waals surface area contributed by atoms with Crippen molar-refractivity contribution in [3.05, 3.63) is 54.1 Å². The van der Waals surface area contributed by atoms with E-state index in [4.69, 9.17) is 4.74 Å². The summed E-state index contributed by atoms with van der Waals surface area (Å²) in [5.41, 5.74) is 1.31. The van der Waals surface area contributed by atoms with Crippen molar-refractivity contribution < 1.29 is 9.84 Å². The fourth-order valence-electron chi connectivity index (χ4n) is 1.62. The van der Waals surface area contributed by atoms with E-state index in [-0.39, 0.29) is 6.10 Å². The van der Waals surface area contributed by atoms with Crippen LogP contribution in [0.25, 0.3) is 0 Å². The van der Waals surface area contributed by atoms with Crippen molar-refractivity contribution in [3.8, 4) is 5.75 Å². The normalized spacial score (nSPS) is 12.4. The van der Waals surface area contributed by atoms with Crippen molar-refractivity contribution in [1.29, 1.82) is 0 Å². The number of benzene rings is 1. The summed E-state index contributed by atoms with van der Waals surface area (Å²) in [6.45, 7) is 3.95. The summed E-state index contributed by atoms with van der Waals surface area (Å²) in [6, 6.07) is 7.35. The molecule has 0 fully saturated rings. The first-order valence-corrected chi connectivity index (χ1v) is 5.87. The Morgan fingerprint density at radius 1 is 1.11 bits per heavy atom. The molecule has 4 heteroatoms. The van der Waals surface area contributed by atoms with Crippen molar-refractivity contribution in [1.82, 2.24) is 9.97 Å². The van der Waals surface area contributed by atoms with Crippen LogP contribution in [0.4, 0.5) is 0 Å². The molecule has 0 aliphatic heterocycles. The highest BCUT2D eigenvalue weighted by molar-refractivity contribution is 5.31. The summed E-state index contributed by atoms with van der Waals surface area (Å²) in [5.74, 6) is 0.792. The van der Waals surface area contributed by atoms with Gasteiger partial charge in [0.1, 0.15) is 11.9 Å². The molecule has 1 N–H and O–H groups in total. The largest absolute Gasteiger partial charge is 0.491 e. The predicted octanol–water partition coefficient (Wildman–Crippen LogP) is 2.35. The number of hydrogen-bond donors (Lipinski definition) is 1. The third kappa shape index (κ3) is 3.05. The summed E-state index contributed by atoms with van der Waals surface area (Å²) < 4.78 is 5.55. The molecule has 0 aliphatic carbocycles. The Labute approximate surface area is 106 Å². The van der Waals surface area contributed by atoms with Gasteiger partial charge in [0.05, 0.1) is 18.0 Å². The van der Waals surface area contributed by atoms with Crippen LogP contribution in [-0.2, 0) is 0 Å². The Hall–Kier alpha value is -1.94. The molecule has 0 radical (unpaired) electrons. The van der Waals surface area contributed by atoms with E-state index in [2.05, 4.69) is 9.97 Å². The van der Waals surface area contributed by atoms with Gasteiger partial charge >= 0.3 is 0 Å². The fourth-order valence-corrected chi connectivity index (χ4v) is 1.62. The summed E-state index contributed by atoms with van der Waals surface area (Å²) in [5, 5.41) is 10.1. The number of aromatic nitrogens is 2. The SMILES string of the molecule is CC(C)Oc1ccc(C(O)c2cnccn2)cc1. The zero-order valence-corrected chi connectivity index (χ0v) is 10.4. The van der Waals surface area contributed by atoms with Crippen LogP contribution in [-0.4, -0.2) is 21.2 Å². The van der Waals surface area contributed by atoms with E-state index in [1.54, 1.807) is 18.6 Å². The molecule has 0 aliphatic rings. The monoisotopic (exact) mass is 244 g/mol. The zero-order chi connectivity index (χ0) is 13.0. The van der Waals surface area contributed by atoms with Gasteiger partial charge in [-0.2, -0.15) is 0 Å². The van der Waals surface area contributed by atoms with E-state index in [9.17, 15) is 5.11 Å². The Kier molecular flexibility index (Phi) is 3.89. The first-order valence-electron chi connectivity index (χ1n) is 5.87. The lowest BCUT2D eigenvalue weighted by Crippen LogP contribution is -2.06. The van der Waals surface area contributed by atoms with Gasteiger partial charge in [-0.05, 0) is 31.5 Å². The van der Waals surface area contributed by atoms with Crippen molar-refractivity contribution in [2.24, 2.45) is 0 Å². The molecule has 1 unspecified atom stereocenters. The van der Waals surface area contributed by atoms with Crippen molar-refractivity contribution in [2.75, 3.05) is 0 Å². The lowest BCUT2D eigenvalue weighted by Gasteiger charge is -2.12. The van der Waals surface area contributed by atoms with Gasteiger partial charge in [0.2, 0.25) is 0 Å². The van der Waals surface area contributed by atoms with Gasteiger partial charge in [-0.3, -0.25) is 9.97 Å². The highest BCUT2D eigenvalue weighted by Gasteiger charge is 2.11. The molecule has 18 heavy (non-hydrogen) atoms. The maximum Gasteiger partial charge on any atom is 0.123 e. The number of nitrogens with zero attached hydrogens (tertiary/aromatic N) is 2. The van der Waals surface area contributed by atoms with Gasteiger partial charge in [-0.1, -0.05) is 12.1 Å². The van der Waals surface area contributed by atoms with Crippen LogP contribution < -0.4 is 4.74 Å². The van der Waals surface area contributed by atoms with Gasteiger partial charge in [0, 0.05) is 12.4 Å². The molecular weight excluding hydrogens is 228 g/mol. The molecule has 94 valence electrons. The van der Waals surface area contributed by atoms with Crippen LogP contribution in [0.5, 0.6) is 5.75 Å². The van der Waals surface area contributed by atoms with Crippen LogP contribution in [0, 0.1) is 0 Å². The van der Waals surface area contributed by atoms with Crippen LogP contribution in [0.15, 0.2) is 42.9 Å². The highest BCUT2D eigenvalue weighted by atomic mass is 16.5. The number of hydrogen-bond acceptors (Lipinski definition) is 4. The van der Waals surface area contributed by atoms with E-state index in [0.717, 1.165) is 11.3 Å². The quantitative estimate of drug-likeness (QED) is 0.897. The number of aliphatic hydroxyl groups excluding tert-OH is 1. The van der Waals surface area contributed by atoms with Crippen LogP contribution >= 0.6 is 0 Å². The third-order valence-corrected chi connectivity index (χ3v) is 2.43. The molecule has 0 saturated carbocycles. The molecule has 1 atom stereocenters. The second-order valence-electron chi connectivity index (χ2n) is 4.27. The summed E-state index contributed by atoms with van der Waals surface area (Å²) in [7, 11) is 0. The van der Waals surface area contributed by atoms with E-state index in [1.165, 1.54) is 0 Å². The van der Waals surface area contributed by atoms with Crippen molar-refractivity contribution in [3.63, 3.8) is 0 Å². The Morgan fingerprint density at radius 3 is 2.39 bits per heavy atom. The Balaban J connectivity index is 2.14. The lowest BCUT2D eigenvalue weighted by molar-refractivity contribution is 0.214. The smallest absolute Gasteiger partial charge is 0.123 e. The maximum atomic E-state index is 10.1. The first kappa shape index (κ1) is 12.5. The highest BCUT2D eigenvalue weighted by Crippen LogP contribution is 2.22. The Bertz CT molecular complexity index is 483. The average Bonchev–Trinajstić information content (AvgIpc) is 2.39. The van der Waals surface area contributed by atoms with Gasteiger partial charge < -0.3 is 9.84 Å². The van der Waals surface area contributed by atoms with Gasteiger partial charge in [0.15, 0.2) is 0 Å². The van der Waals surface area contributed by atoms with Crippen LogP contribution in [0.1, 0.15) is 31.2 Å². The average molecular weight is 244 g/mol. The predicted molar refractivity (Wildman–Crippen MR) is 68.3 cm³/mol. The maximum absolute atomic E-state index is 10.1. The van der Waals surface area contributed by atoms with E-state index >= 15 is 0 Å².